The molecule has 17 heavy (non-hydrogen) atoms. The summed E-state index contributed by atoms with van der Waals surface area (Å²) in [5.74, 6) is -0.545. The van der Waals surface area contributed by atoms with Crippen molar-refractivity contribution in [2.24, 2.45) is 5.73 Å². The highest BCUT2D eigenvalue weighted by atomic mass is 32.1. The zero-order valence-electron chi connectivity index (χ0n) is 8.70. The number of hydrogen-bond donors (Lipinski definition) is 1. The van der Waals surface area contributed by atoms with Crippen molar-refractivity contribution >= 4 is 22.9 Å². The second-order valence-corrected chi connectivity index (χ2v) is 4.27. The minimum Gasteiger partial charge on any atom is -0.364 e. The van der Waals surface area contributed by atoms with Crippen LogP contribution in [-0.2, 0) is 0 Å². The van der Waals surface area contributed by atoms with E-state index in [9.17, 15) is 4.79 Å². The van der Waals surface area contributed by atoms with E-state index in [2.05, 4.69) is 10.1 Å². The molecule has 0 fully saturated rings. The van der Waals surface area contributed by atoms with Crippen LogP contribution in [0.15, 0.2) is 35.3 Å². The molecule has 0 bridgehead atoms. The Morgan fingerprint density at radius 1 is 1.47 bits per heavy atom. The molecule has 0 saturated heterocycles. The first-order chi connectivity index (χ1) is 8.27. The van der Waals surface area contributed by atoms with Crippen LogP contribution >= 0.6 is 11.3 Å². The minimum atomic E-state index is -0.545. The number of amides is 1. The van der Waals surface area contributed by atoms with E-state index in [-0.39, 0.29) is 5.69 Å². The van der Waals surface area contributed by atoms with Crippen molar-refractivity contribution in [1.82, 2.24) is 14.6 Å². The fraction of sp³-hybridized carbons (Fsp3) is 0. The summed E-state index contributed by atoms with van der Waals surface area (Å²) in [4.78, 5) is 15.6. The molecule has 1 amide bonds. The van der Waals surface area contributed by atoms with Crippen molar-refractivity contribution in [2.75, 3.05) is 0 Å². The molecule has 3 aromatic rings. The molecule has 0 aliphatic carbocycles. The standard InChI is InChI=1S/C11H8N4OS/c12-10(16)9-8(7-2-5-17-6-7)11-13-3-1-4-15(11)14-9/h1-6H,(H2,12,16). The predicted molar refractivity (Wildman–Crippen MR) is 64.8 cm³/mol. The molecule has 0 unspecified atom stereocenters. The molecule has 3 rings (SSSR count). The predicted octanol–water partition coefficient (Wildman–Crippen LogP) is 1.56. The van der Waals surface area contributed by atoms with Crippen LogP contribution in [0.4, 0.5) is 0 Å². The topological polar surface area (TPSA) is 73.3 Å². The highest BCUT2D eigenvalue weighted by Crippen LogP contribution is 2.28. The van der Waals surface area contributed by atoms with Gasteiger partial charge >= 0.3 is 0 Å². The number of carbonyl (C=O) groups excluding carboxylic acids is 1. The Kier molecular flexibility index (Phi) is 2.15. The van der Waals surface area contributed by atoms with Gasteiger partial charge in [0.2, 0.25) is 0 Å². The lowest BCUT2D eigenvalue weighted by atomic mass is 10.1. The normalized spacial score (nSPS) is 10.8. The number of nitrogens with zero attached hydrogens (tertiary/aromatic N) is 3. The van der Waals surface area contributed by atoms with E-state index in [4.69, 9.17) is 5.73 Å². The molecular weight excluding hydrogens is 236 g/mol. The summed E-state index contributed by atoms with van der Waals surface area (Å²) in [6.45, 7) is 0. The fourth-order valence-electron chi connectivity index (χ4n) is 1.73. The Balaban J connectivity index is 2.40. The van der Waals surface area contributed by atoms with Crippen LogP contribution in [-0.4, -0.2) is 20.5 Å². The quantitative estimate of drug-likeness (QED) is 0.743. The summed E-state index contributed by atoms with van der Waals surface area (Å²) in [6, 6.07) is 3.67. The van der Waals surface area contributed by atoms with E-state index in [1.165, 1.54) is 0 Å². The van der Waals surface area contributed by atoms with Crippen LogP contribution in [0.1, 0.15) is 10.5 Å². The first kappa shape index (κ1) is 9.98. The summed E-state index contributed by atoms with van der Waals surface area (Å²) < 4.78 is 1.56. The van der Waals surface area contributed by atoms with Gasteiger partial charge in [0, 0.05) is 12.4 Å². The molecule has 2 N–H and O–H groups in total. The van der Waals surface area contributed by atoms with Gasteiger partial charge in [0.15, 0.2) is 11.3 Å². The van der Waals surface area contributed by atoms with Gasteiger partial charge in [-0.3, -0.25) is 4.79 Å². The number of hydrogen-bond acceptors (Lipinski definition) is 4. The van der Waals surface area contributed by atoms with Gasteiger partial charge in [0.1, 0.15) is 0 Å². The zero-order valence-corrected chi connectivity index (χ0v) is 9.52. The van der Waals surface area contributed by atoms with Gasteiger partial charge in [-0.15, -0.1) is 0 Å². The molecule has 3 aromatic heterocycles. The third kappa shape index (κ3) is 1.50. The zero-order chi connectivity index (χ0) is 11.8. The molecule has 0 spiro atoms. The van der Waals surface area contributed by atoms with E-state index < -0.39 is 5.91 Å². The Bertz CT molecular complexity index is 687. The smallest absolute Gasteiger partial charge is 0.269 e. The Labute approximate surface area is 101 Å². The maximum atomic E-state index is 11.4. The van der Waals surface area contributed by atoms with Crippen LogP contribution in [0.25, 0.3) is 16.8 Å². The molecule has 3 heterocycles. The van der Waals surface area contributed by atoms with Gasteiger partial charge < -0.3 is 5.73 Å². The molecule has 0 saturated carbocycles. The van der Waals surface area contributed by atoms with Gasteiger partial charge in [-0.05, 0) is 28.5 Å². The third-order valence-corrected chi connectivity index (χ3v) is 3.12. The summed E-state index contributed by atoms with van der Waals surface area (Å²) in [5.41, 5.74) is 7.84. The van der Waals surface area contributed by atoms with Gasteiger partial charge in [0.25, 0.3) is 5.91 Å². The van der Waals surface area contributed by atoms with E-state index in [1.54, 1.807) is 34.3 Å². The average molecular weight is 244 g/mol. The number of fused-ring (bicyclic) bond motifs is 1. The third-order valence-electron chi connectivity index (χ3n) is 2.44. The molecule has 5 nitrogen and oxygen atoms in total. The minimum absolute atomic E-state index is 0.252. The molecule has 0 atom stereocenters. The maximum absolute atomic E-state index is 11.4. The van der Waals surface area contributed by atoms with Crippen molar-refractivity contribution in [1.29, 1.82) is 0 Å². The second kappa shape index (κ2) is 3.67. The molecule has 0 radical (unpaired) electrons. The molecule has 84 valence electrons. The van der Waals surface area contributed by atoms with Crippen molar-refractivity contribution in [3.8, 4) is 11.1 Å². The van der Waals surface area contributed by atoms with Crippen molar-refractivity contribution in [3.05, 3.63) is 41.0 Å². The molecule has 0 aliphatic heterocycles. The van der Waals surface area contributed by atoms with Gasteiger partial charge in [-0.1, -0.05) is 0 Å². The van der Waals surface area contributed by atoms with Gasteiger partial charge in [0.05, 0.1) is 5.56 Å². The van der Waals surface area contributed by atoms with Crippen molar-refractivity contribution in [2.45, 2.75) is 0 Å². The average Bonchev–Trinajstić information content (AvgIpc) is 2.94. The monoisotopic (exact) mass is 244 g/mol. The molecular formula is C11H8N4OS. The SMILES string of the molecule is NC(=O)c1nn2cccnc2c1-c1ccsc1. The maximum Gasteiger partial charge on any atom is 0.269 e. The lowest BCUT2D eigenvalue weighted by Crippen LogP contribution is -2.12. The Morgan fingerprint density at radius 2 is 2.35 bits per heavy atom. The molecule has 0 aromatic carbocycles. The lowest BCUT2D eigenvalue weighted by Gasteiger charge is -1.95. The molecule has 6 heteroatoms. The van der Waals surface area contributed by atoms with Crippen LogP contribution < -0.4 is 5.73 Å². The number of primary amides is 1. The van der Waals surface area contributed by atoms with Crippen LogP contribution in [0.3, 0.4) is 0 Å². The van der Waals surface area contributed by atoms with Crippen molar-refractivity contribution in [3.63, 3.8) is 0 Å². The van der Waals surface area contributed by atoms with Gasteiger partial charge in [-0.2, -0.15) is 16.4 Å². The Morgan fingerprint density at radius 3 is 3.06 bits per heavy atom. The highest BCUT2D eigenvalue weighted by molar-refractivity contribution is 7.08. The lowest BCUT2D eigenvalue weighted by molar-refractivity contribution is 0.0996. The van der Waals surface area contributed by atoms with E-state index >= 15 is 0 Å². The van der Waals surface area contributed by atoms with Crippen LogP contribution in [0, 0.1) is 0 Å². The number of nitrogens with two attached hydrogens (primary N) is 1. The second-order valence-electron chi connectivity index (χ2n) is 3.49. The summed E-state index contributed by atoms with van der Waals surface area (Å²) in [5, 5.41) is 8.03. The first-order valence-electron chi connectivity index (χ1n) is 4.93. The fourth-order valence-corrected chi connectivity index (χ4v) is 2.38. The Hall–Kier alpha value is -2.21. The van der Waals surface area contributed by atoms with Gasteiger partial charge in [-0.25, -0.2) is 9.50 Å². The largest absolute Gasteiger partial charge is 0.364 e. The summed E-state index contributed by atoms with van der Waals surface area (Å²) in [6.07, 6.45) is 3.41. The number of carbonyl (C=O) groups is 1. The number of rotatable bonds is 2. The summed E-state index contributed by atoms with van der Waals surface area (Å²) in [7, 11) is 0. The van der Waals surface area contributed by atoms with E-state index in [0.29, 0.717) is 11.2 Å². The van der Waals surface area contributed by atoms with Crippen LogP contribution in [0.2, 0.25) is 0 Å². The summed E-state index contributed by atoms with van der Waals surface area (Å²) >= 11 is 1.55. The number of aromatic nitrogens is 3. The molecule has 0 aliphatic rings. The number of thiophene rings is 1. The van der Waals surface area contributed by atoms with Crippen molar-refractivity contribution < 1.29 is 4.79 Å². The first-order valence-corrected chi connectivity index (χ1v) is 5.87. The van der Waals surface area contributed by atoms with Crippen LogP contribution in [0.5, 0.6) is 0 Å². The van der Waals surface area contributed by atoms with E-state index in [1.807, 2.05) is 16.8 Å². The van der Waals surface area contributed by atoms with E-state index in [0.717, 1.165) is 5.56 Å². The highest BCUT2D eigenvalue weighted by Gasteiger charge is 2.19.